The van der Waals surface area contributed by atoms with E-state index < -0.39 is 11.6 Å². The molecule has 20 heavy (non-hydrogen) atoms. The summed E-state index contributed by atoms with van der Waals surface area (Å²) in [5, 5.41) is 9.04. The number of hydrogen-bond donors (Lipinski definition) is 1. The third kappa shape index (κ3) is 3.93. The number of amides is 1. The summed E-state index contributed by atoms with van der Waals surface area (Å²) in [6, 6.07) is 3.35. The molecule has 1 aromatic carbocycles. The Kier molecular flexibility index (Phi) is 5.37. The van der Waals surface area contributed by atoms with Gasteiger partial charge in [0.25, 0.3) is 0 Å². The molecule has 3 nitrogen and oxygen atoms in total. The highest BCUT2D eigenvalue weighted by Gasteiger charge is 2.22. The van der Waals surface area contributed by atoms with Gasteiger partial charge >= 0.3 is 0 Å². The maximum Gasteiger partial charge on any atom is 0.232 e. The average Bonchev–Trinajstić information content (AvgIpc) is 2.46. The SMILES string of the molecule is O=C(CSc1ccc(F)cc1F)N1CCC(CO)CC1. The monoisotopic (exact) mass is 301 g/mol. The van der Waals surface area contributed by atoms with Crippen molar-refractivity contribution in [2.24, 2.45) is 5.92 Å². The van der Waals surface area contributed by atoms with Crippen LogP contribution in [-0.4, -0.2) is 41.4 Å². The summed E-state index contributed by atoms with van der Waals surface area (Å²) < 4.78 is 26.2. The zero-order valence-electron chi connectivity index (χ0n) is 11.0. The Bertz CT molecular complexity index is 476. The van der Waals surface area contributed by atoms with E-state index in [1.54, 1.807) is 4.90 Å². The van der Waals surface area contributed by atoms with Crippen molar-refractivity contribution in [3.63, 3.8) is 0 Å². The summed E-state index contributed by atoms with van der Waals surface area (Å²) >= 11 is 1.08. The molecule has 0 bridgehead atoms. The maximum atomic E-state index is 13.4. The summed E-state index contributed by atoms with van der Waals surface area (Å²) in [7, 11) is 0. The Morgan fingerprint density at radius 1 is 1.35 bits per heavy atom. The number of hydrogen-bond acceptors (Lipinski definition) is 3. The van der Waals surface area contributed by atoms with E-state index in [2.05, 4.69) is 0 Å². The lowest BCUT2D eigenvalue weighted by atomic mass is 9.98. The lowest BCUT2D eigenvalue weighted by Crippen LogP contribution is -2.40. The van der Waals surface area contributed by atoms with E-state index in [9.17, 15) is 13.6 Å². The highest BCUT2D eigenvalue weighted by Crippen LogP contribution is 2.24. The first kappa shape index (κ1) is 15.3. The molecule has 0 spiro atoms. The van der Waals surface area contributed by atoms with Gasteiger partial charge in [0.1, 0.15) is 11.6 Å². The summed E-state index contributed by atoms with van der Waals surface area (Å²) in [6.07, 6.45) is 1.61. The second kappa shape index (κ2) is 7.04. The van der Waals surface area contributed by atoms with Crippen molar-refractivity contribution in [1.29, 1.82) is 0 Å². The average molecular weight is 301 g/mol. The molecule has 0 aliphatic carbocycles. The van der Waals surface area contributed by atoms with Gasteiger partial charge in [-0.25, -0.2) is 8.78 Å². The molecule has 110 valence electrons. The Labute approximate surface area is 121 Å². The minimum atomic E-state index is -0.637. The molecular weight excluding hydrogens is 284 g/mol. The third-order valence-corrected chi connectivity index (χ3v) is 4.50. The molecule has 0 unspecified atom stereocenters. The molecule has 2 rings (SSSR count). The fourth-order valence-corrected chi connectivity index (χ4v) is 3.01. The predicted octanol–water partition coefficient (Wildman–Crippen LogP) is 2.29. The largest absolute Gasteiger partial charge is 0.396 e. The smallest absolute Gasteiger partial charge is 0.232 e. The Hall–Kier alpha value is -1.14. The summed E-state index contributed by atoms with van der Waals surface area (Å²) in [5.74, 6) is -0.880. The van der Waals surface area contributed by atoms with Gasteiger partial charge in [-0.3, -0.25) is 4.79 Å². The molecule has 1 heterocycles. The summed E-state index contributed by atoms with van der Waals surface area (Å²) in [5.41, 5.74) is 0. The molecule has 0 atom stereocenters. The van der Waals surface area contributed by atoms with Crippen LogP contribution in [0.4, 0.5) is 8.78 Å². The van der Waals surface area contributed by atoms with Gasteiger partial charge in [0, 0.05) is 30.7 Å². The third-order valence-electron chi connectivity index (χ3n) is 3.47. The van der Waals surface area contributed by atoms with Gasteiger partial charge in [-0.05, 0) is 30.9 Å². The molecule has 1 amide bonds. The second-order valence-corrected chi connectivity index (χ2v) is 5.89. The topological polar surface area (TPSA) is 40.5 Å². The highest BCUT2D eigenvalue weighted by molar-refractivity contribution is 8.00. The molecular formula is C14H17F2NO2S. The van der Waals surface area contributed by atoms with E-state index in [-0.39, 0.29) is 29.1 Å². The second-order valence-electron chi connectivity index (χ2n) is 4.87. The molecule has 1 aromatic rings. The van der Waals surface area contributed by atoms with Crippen LogP contribution in [0.5, 0.6) is 0 Å². The van der Waals surface area contributed by atoms with Gasteiger partial charge < -0.3 is 10.0 Å². The zero-order chi connectivity index (χ0) is 14.5. The Morgan fingerprint density at radius 3 is 2.65 bits per heavy atom. The van der Waals surface area contributed by atoms with Crippen molar-refractivity contribution < 1.29 is 18.7 Å². The van der Waals surface area contributed by atoms with E-state index in [1.165, 1.54) is 12.1 Å². The molecule has 6 heteroatoms. The van der Waals surface area contributed by atoms with Crippen LogP contribution in [0.1, 0.15) is 12.8 Å². The first-order valence-electron chi connectivity index (χ1n) is 6.56. The number of aliphatic hydroxyl groups is 1. The molecule has 1 saturated heterocycles. The van der Waals surface area contributed by atoms with Crippen molar-refractivity contribution in [2.75, 3.05) is 25.4 Å². The fourth-order valence-electron chi connectivity index (χ4n) is 2.19. The first-order valence-corrected chi connectivity index (χ1v) is 7.55. The first-order chi connectivity index (χ1) is 9.60. The quantitative estimate of drug-likeness (QED) is 0.868. The van der Waals surface area contributed by atoms with Crippen LogP contribution in [0.2, 0.25) is 0 Å². The van der Waals surface area contributed by atoms with Crippen LogP contribution < -0.4 is 0 Å². The lowest BCUT2D eigenvalue weighted by Gasteiger charge is -2.31. The van der Waals surface area contributed by atoms with E-state index in [0.717, 1.165) is 30.7 Å². The zero-order valence-corrected chi connectivity index (χ0v) is 11.8. The van der Waals surface area contributed by atoms with Crippen molar-refractivity contribution in [3.8, 4) is 0 Å². The molecule has 1 aliphatic heterocycles. The van der Waals surface area contributed by atoms with Gasteiger partial charge in [-0.2, -0.15) is 0 Å². The molecule has 1 fully saturated rings. The molecule has 1 N–H and O–H groups in total. The Balaban J connectivity index is 1.83. The number of thioether (sulfide) groups is 1. The molecule has 0 aromatic heterocycles. The predicted molar refractivity (Wildman–Crippen MR) is 73.5 cm³/mol. The van der Waals surface area contributed by atoms with Gasteiger partial charge in [0.15, 0.2) is 0 Å². The number of rotatable bonds is 4. The van der Waals surface area contributed by atoms with Crippen molar-refractivity contribution in [1.82, 2.24) is 4.90 Å². The number of benzene rings is 1. The molecule has 0 radical (unpaired) electrons. The van der Waals surface area contributed by atoms with Crippen LogP contribution in [0.3, 0.4) is 0 Å². The number of carbonyl (C=O) groups is 1. The van der Waals surface area contributed by atoms with Gasteiger partial charge in [-0.1, -0.05) is 0 Å². The fraction of sp³-hybridized carbons (Fsp3) is 0.500. The standard InChI is InChI=1S/C14H17F2NO2S/c15-11-1-2-13(12(16)7-11)20-9-14(19)17-5-3-10(8-18)4-6-17/h1-2,7,10,18H,3-6,8-9H2. The minimum absolute atomic E-state index is 0.0462. The Morgan fingerprint density at radius 2 is 2.05 bits per heavy atom. The maximum absolute atomic E-state index is 13.4. The highest BCUT2D eigenvalue weighted by atomic mass is 32.2. The van der Waals surface area contributed by atoms with Crippen molar-refractivity contribution >= 4 is 17.7 Å². The number of likely N-dealkylation sites (tertiary alicyclic amines) is 1. The molecule has 1 aliphatic rings. The van der Waals surface area contributed by atoms with Crippen LogP contribution in [0.15, 0.2) is 23.1 Å². The number of carbonyl (C=O) groups excluding carboxylic acids is 1. The lowest BCUT2D eigenvalue weighted by molar-refractivity contribution is -0.129. The molecule has 0 saturated carbocycles. The van der Waals surface area contributed by atoms with Gasteiger partial charge in [0.2, 0.25) is 5.91 Å². The summed E-state index contributed by atoms with van der Waals surface area (Å²) in [6.45, 7) is 1.44. The van der Waals surface area contributed by atoms with Crippen LogP contribution in [-0.2, 0) is 4.79 Å². The number of nitrogens with zero attached hydrogens (tertiary/aromatic N) is 1. The number of piperidine rings is 1. The van der Waals surface area contributed by atoms with Crippen molar-refractivity contribution in [2.45, 2.75) is 17.7 Å². The number of halogens is 2. The minimum Gasteiger partial charge on any atom is -0.396 e. The van der Waals surface area contributed by atoms with Crippen LogP contribution in [0.25, 0.3) is 0 Å². The van der Waals surface area contributed by atoms with Crippen molar-refractivity contribution in [3.05, 3.63) is 29.8 Å². The van der Waals surface area contributed by atoms with E-state index in [4.69, 9.17) is 5.11 Å². The van der Waals surface area contributed by atoms with Gasteiger partial charge in [0.05, 0.1) is 5.75 Å². The van der Waals surface area contributed by atoms with E-state index in [0.29, 0.717) is 13.1 Å². The summed E-state index contributed by atoms with van der Waals surface area (Å²) in [4.78, 5) is 14.0. The van der Waals surface area contributed by atoms with E-state index in [1.807, 2.05) is 0 Å². The van der Waals surface area contributed by atoms with Crippen LogP contribution in [0, 0.1) is 17.6 Å². The van der Waals surface area contributed by atoms with Gasteiger partial charge in [-0.15, -0.1) is 11.8 Å². The van der Waals surface area contributed by atoms with Crippen LogP contribution >= 0.6 is 11.8 Å². The number of aliphatic hydroxyl groups excluding tert-OH is 1. The normalized spacial score (nSPS) is 16.4. The van der Waals surface area contributed by atoms with E-state index >= 15 is 0 Å².